The minimum atomic E-state index is 0.642. The van der Waals surface area contributed by atoms with Crippen LogP contribution in [0.1, 0.15) is 66.7 Å². The summed E-state index contributed by atoms with van der Waals surface area (Å²) in [4.78, 5) is 0. The van der Waals surface area contributed by atoms with E-state index in [9.17, 15) is 0 Å². The molecule has 0 amide bonds. The lowest BCUT2D eigenvalue weighted by molar-refractivity contribution is 0.126. The molecule has 0 aromatic rings. The van der Waals surface area contributed by atoms with Crippen LogP contribution in [-0.2, 0) is 0 Å². The van der Waals surface area contributed by atoms with Crippen molar-refractivity contribution in [3.05, 3.63) is 0 Å². The second kappa shape index (κ2) is 10.3. The molecule has 0 saturated heterocycles. The van der Waals surface area contributed by atoms with Crippen molar-refractivity contribution < 1.29 is 0 Å². The Bertz CT molecular complexity index is 98.6. The minimum Gasteiger partial charge on any atom is -0.273 e. The van der Waals surface area contributed by atoms with Crippen LogP contribution in [0.4, 0.5) is 0 Å². The fourth-order valence-electron chi connectivity index (χ4n) is 2.77. The third-order valence-electron chi connectivity index (χ3n) is 3.96. The molecule has 2 heteroatoms. The molecular formula is C12H28AlCl. The van der Waals surface area contributed by atoms with Gasteiger partial charge in [0.05, 0.1) is 0 Å². The Balaban J connectivity index is 0. The molecule has 0 atom stereocenters. The van der Waals surface area contributed by atoms with Crippen molar-refractivity contribution in [3.63, 3.8) is 0 Å². The van der Waals surface area contributed by atoms with Crippen LogP contribution in [0.15, 0.2) is 0 Å². The van der Waals surface area contributed by atoms with Crippen LogP contribution >= 0.6 is 10.0 Å². The molecular weight excluding hydrogens is 207 g/mol. The van der Waals surface area contributed by atoms with Crippen LogP contribution < -0.4 is 0 Å². The predicted octanol–water partition coefficient (Wildman–Crippen LogP) is 4.41. The zero-order valence-corrected chi connectivity index (χ0v) is 13.7. The van der Waals surface area contributed by atoms with Gasteiger partial charge in [-0.25, -0.2) is 0 Å². The highest BCUT2D eigenvalue weighted by Gasteiger charge is 2.30. The van der Waals surface area contributed by atoms with E-state index >= 15 is 0 Å². The number of hydrogen-bond acceptors (Lipinski definition) is 0. The van der Waals surface area contributed by atoms with Crippen molar-refractivity contribution in [2.75, 3.05) is 0 Å². The van der Waals surface area contributed by atoms with E-state index in [1.165, 1.54) is 32.1 Å². The summed E-state index contributed by atoms with van der Waals surface area (Å²) in [5, 5.41) is 0. The van der Waals surface area contributed by atoms with Crippen LogP contribution in [0.5, 0.6) is 0 Å². The Morgan fingerprint density at radius 1 is 0.857 bits per heavy atom. The van der Waals surface area contributed by atoms with Gasteiger partial charge in [0.1, 0.15) is 0 Å². The molecule has 0 spiro atoms. The molecule has 0 unspecified atom stereocenters. The van der Waals surface area contributed by atoms with Crippen molar-refractivity contribution in [1.29, 1.82) is 0 Å². The molecule has 0 aliphatic carbocycles. The van der Waals surface area contributed by atoms with Gasteiger partial charge in [0.15, 0.2) is 0 Å². The molecule has 0 N–H and O–H groups in total. The molecule has 86 valence electrons. The van der Waals surface area contributed by atoms with E-state index < -0.39 is 0 Å². The zero-order valence-electron chi connectivity index (χ0n) is 11.0. The van der Waals surface area contributed by atoms with E-state index in [0.29, 0.717) is 5.41 Å². The maximum Gasteiger partial charge on any atom is 0.353 e. The Morgan fingerprint density at radius 2 is 1.14 bits per heavy atom. The summed E-state index contributed by atoms with van der Waals surface area (Å²) in [6, 6.07) is 0. The molecule has 0 heterocycles. The van der Waals surface area contributed by atoms with E-state index in [0.717, 1.165) is 21.3 Å². The maximum atomic E-state index is 4.78. The van der Waals surface area contributed by atoms with Crippen molar-refractivity contribution in [1.82, 2.24) is 0 Å². The second-order valence-electron chi connectivity index (χ2n) is 3.94. The molecule has 14 heavy (non-hydrogen) atoms. The van der Waals surface area contributed by atoms with E-state index in [1.54, 1.807) is 0 Å². The molecule has 0 aromatic heterocycles. The predicted molar refractivity (Wildman–Crippen MR) is 71.8 cm³/mol. The largest absolute Gasteiger partial charge is 0.353 e. The van der Waals surface area contributed by atoms with Crippen LogP contribution in [0, 0.1) is 11.3 Å². The van der Waals surface area contributed by atoms with Crippen LogP contribution in [0.25, 0.3) is 0 Å². The average molecular weight is 235 g/mol. The van der Waals surface area contributed by atoms with Crippen molar-refractivity contribution in [2.45, 2.75) is 66.7 Å². The van der Waals surface area contributed by atoms with E-state index in [2.05, 4.69) is 34.6 Å². The summed E-state index contributed by atoms with van der Waals surface area (Å²) in [6.07, 6.45) is 6.77. The topological polar surface area (TPSA) is 0 Å². The first-order chi connectivity index (χ1) is 6.70. The Labute approximate surface area is 103 Å². The van der Waals surface area contributed by atoms with Gasteiger partial charge in [-0.05, 0) is 11.3 Å². The number of halogens is 1. The van der Waals surface area contributed by atoms with Gasteiger partial charge < -0.3 is 0 Å². The van der Waals surface area contributed by atoms with Crippen molar-refractivity contribution in [3.8, 4) is 0 Å². The highest BCUT2D eigenvalue weighted by molar-refractivity contribution is 6.80. The minimum absolute atomic E-state index is 0.642. The normalized spacial score (nSPS) is 11.1. The van der Waals surface area contributed by atoms with Gasteiger partial charge in [-0.3, -0.25) is 10.0 Å². The fraction of sp³-hybridized carbons (Fsp3) is 1.00. The molecule has 0 aliphatic heterocycles. The summed E-state index contributed by atoms with van der Waals surface area (Å²) < 4.78 is 0. The van der Waals surface area contributed by atoms with Crippen LogP contribution in [0.3, 0.4) is 0 Å². The van der Waals surface area contributed by atoms with Gasteiger partial charge in [0, 0.05) is 0 Å². The summed E-state index contributed by atoms with van der Waals surface area (Å²) in [7, 11) is 4.78. The van der Waals surface area contributed by atoms with E-state index in [1.807, 2.05) is 0 Å². The molecule has 0 nitrogen and oxygen atoms in total. The smallest absolute Gasteiger partial charge is 0.273 e. The van der Waals surface area contributed by atoms with E-state index in [4.69, 9.17) is 10.0 Å². The summed E-state index contributed by atoms with van der Waals surface area (Å²) >= 11 is 0.778. The van der Waals surface area contributed by atoms with Gasteiger partial charge >= 0.3 is 15.4 Å². The third kappa shape index (κ3) is 4.56. The lowest BCUT2D eigenvalue weighted by Gasteiger charge is -2.38. The highest BCUT2D eigenvalue weighted by Crippen LogP contribution is 2.41. The Morgan fingerprint density at radius 3 is 1.21 bits per heavy atom. The Kier molecular flexibility index (Phi) is 12.7. The SMILES string of the molecule is CCC(CC)C(CC)(CC)CC.[AlH2][Cl]. The van der Waals surface area contributed by atoms with Gasteiger partial charge in [0.2, 0.25) is 0 Å². The van der Waals surface area contributed by atoms with Gasteiger partial charge in [-0.2, -0.15) is 0 Å². The fourth-order valence-corrected chi connectivity index (χ4v) is 2.77. The van der Waals surface area contributed by atoms with Crippen LogP contribution in [0.2, 0.25) is 0 Å². The Hall–Kier alpha value is 0.822. The standard InChI is InChI=1S/C12H26.Al.ClH.2H/c1-6-11(7-2)12(8-3,9-4)10-5;;;;/h11H,6-10H2,1-5H3;;1H;;/q;+1;;;/p-1. The monoisotopic (exact) mass is 234 g/mol. The zero-order chi connectivity index (χ0) is 11.6. The molecule has 0 rings (SSSR count). The second-order valence-corrected chi connectivity index (χ2v) is 3.94. The third-order valence-corrected chi connectivity index (χ3v) is 3.96. The lowest BCUT2D eigenvalue weighted by Crippen LogP contribution is -2.27. The summed E-state index contributed by atoms with van der Waals surface area (Å²) in [5.74, 6) is 0.942. The lowest BCUT2D eigenvalue weighted by atomic mass is 9.67. The highest BCUT2D eigenvalue weighted by atomic mass is 35.6. The van der Waals surface area contributed by atoms with Crippen molar-refractivity contribution in [2.24, 2.45) is 11.3 Å². The van der Waals surface area contributed by atoms with E-state index in [-0.39, 0.29) is 0 Å². The maximum absolute atomic E-state index is 4.78. The summed E-state index contributed by atoms with van der Waals surface area (Å²) in [6.45, 7) is 11.7. The molecule has 0 saturated carbocycles. The molecule has 0 aliphatic rings. The first-order valence-electron chi connectivity index (χ1n) is 6.08. The quantitative estimate of drug-likeness (QED) is 0.597. The number of rotatable bonds is 6. The molecule has 0 fully saturated rings. The van der Waals surface area contributed by atoms with Gasteiger partial charge in [-0.1, -0.05) is 66.7 Å². The first kappa shape index (κ1) is 17.2. The summed E-state index contributed by atoms with van der Waals surface area (Å²) in [5.41, 5.74) is 0.642. The molecule has 0 bridgehead atoms. The van der Waals surface area contributed by atoms with Gasteiger partial charge in [-0.15, -0.1) is 0 Å². The molecule has 0 aromatic carbocycles. The van der Waals surface area contributed by atoms with Crippen molar-refractivity contribution >= 4 is 25.4 Å². The van der Waals surface area contributed by atoms with Crippen LogP contribution in [-0.4, -0.2) is 15.4 Å². The number of hydrogen-bond donors (Lipinski definition) is 0. The molecule has 0 radical (unpaired) electrons. The van der Waals surface area contributed by atoms with Gasteiger partial charge in [0.25, 0.3) is 0 Å². The first-order valence-corrected chi connectivity index (χ1v) is 9.10. The average Bonchev–Trinajstić information content (AvgIpc) is 2.29.